The fraction of sp³-hybridized carbons (Fsp3) is 0.348. The highest BCUT2D eigenvalue weighted by Crippen LogP contribution is 2.33. The van der Waals surface area contributed by atoms with Gasteiger partial charge in [0, 0.05) is 24.2 Å². The first-order chi connectivity index (χ1) is 13.6. The Hall–Kier alpha value is -2.95. The number of hydrogen-bond donors (Lipinski definition) is 1. The number of nitrogens with zero attached hydrogens (tertiary/aromatic N) is 1. The van der Waals surface area contributed by atoms with Crippen molar-refractivity contribution in [1.82, 2.24) is 5.32 Å². The van der Waals surface area contributed by atoms with Gasteiger partial charge in [-0.25, -0.2) is 0 Å². The van der Waals surface area contributed by atoms with Crippen molar-refractivity contribution in [2.75, 3.05) is 4.90 Å². The smallest absolute Gasteiger partial charge is 0.255 e. The minimum absolute atomic E-state index is 0.0480. The molecule has 0 bridgehead atoms. The van der Waals surface area contributed by atoms with Crippen molar-refractivity contribution in [1.29, 1.82) is 0 Å². The maximum Gasteiger partial charge on any atom is 0.255 e. The van der Waals surface area contributed by atoms with Crippen LogP contribution in [0.4, 0.5) is 5.69 Å². The molecule has 2 aromatic heterocycles. The molecule has 28 heavy (non-hydrogen) atoms. The Morgan fingerprint density at radius 1 is 1.18 bits per heavy atom. The molecule has 5 heteroatoms. The summed E-state index contributed by atoms with van der Waals surface area (Å²) in [5.41, 5.74) is 3.19. The van der Waals surface area contributed by atoms with Crippen LogP contribution in [0.1, 0.15) is 47.7 Å². The van der Waals surface area contributed by atoms with Crippen molar-refractivity contribution in [3.8, 4) is 0 Å². The first kappa shape index (κ1) is 18.4. The Balaban J connectivity index is 1.40. The number of amides is 1. The number of para-hydroxylation sites is 1. The Morgan fingerprint density at radius 2 is 2.04 bits per heavy atom. The molecule has 146 valence electrons. The van der Waals surface area contributed by atoms with Gasteiger partial charge in [-0.1, -0.05) is 18.2 Å². The van der Waals surface area contributed by atoms with E-state index in [9.17, 15) is 4.79 Å². The van der Waals surface area contributed by atoms with Gasteiger partial charge < -0.3 is 19.1 Å². The zero-order chi connectivity index (χ0) is 19.5. The molecule has 0 saturated heterocycles. The van der Waals surface area contributed by atoms with E-state index in [0.717, 1.165) is 25.0 Å². The molecule has 3 heterocycles. The zero-order valence-electron chi connectivity index (χ0n) is 16.4. The maximum atomic E-state index is 12.8. The average molecular weight is 378 g/mol. The highest BCUT2D eigenvalue weighted by molar-refractivity contribution is 5.95. The molecular weight excluding hydrogens is 352 g/mol. The molecular formula is C23H26N2O3. The predicted octanol–water partition coefficient (Wildman–Crippen LogP) is 4.57. The third-order valence-corrected chi connectivity index (χ3v) is 5.43. The van der Waals surface area contributed by atoms with E-state index in [1.54, 1.807) is 18.6 Å². The number of carbonyl (C=O) groups is 1. The van der Waals surface area contributed by atoms with Crippen LogP contribution in [0.2, 0.25) is 0 Å². The maximum absolute atomic E-state index is 12.8. The van der Waals surface area contributed by atoms with E-state index in [-0.39, 0.29) is 11.9 Å². The number of aryl methyl sites for hydroxylation is 1. The van der Waals surface area contributed by atoms with E-state index < -0.39 is 0 Å². The Bertz CT molecular complexity index is 929. The molecule has 1 aromatic carbocycles. The zero-order valence-corrected chi connectivity index (χ0v) is 16.4. The first-order valence-electron chi connectivity index (χ1n) is 9.86. The molecule has 5 nitrogen and oxygen atoms in total. The molecule has 0 radical (unpaired) electrons. The van der Waals surface area contributed by atoms with Gasteiger partial charge in [-0.3, -0.25) is 4.79 Å². The number of fused-ring (bicyclic) bond motifs is 1. The van der Waals surface area contributed by atoms with Crippen LogP contribution in [0.25, 0.3) is 0 Å². The summed E-state index contributed by atoms with van der Waals surface area (Å²) in [4.78, 5) is 15.1. The number of rotatable bonds is 7. The van der Waals surface area contributed by atoms with Crippen LogP contribution >= 0.6 is 0 Å². The molecule has 2 atom stereocenters. The summed E-state index contributed by atoms with van der Waals surface area (Å²) in [6, 6.07) is 14.5. The van der Waals surface area contributed by atoms with E-state index in [1.807, 2.05) is 19.1 Å². The lowest BCUT2D eigenvalue weighted by Gasteiger charge is -2.24. The number of carbonyl (C=O) groups excluding carboxylic acids is 1. The summed E-state index contributed by atoms with van der Waals surface area (Å²) in [6.07, 6.45) is 5.91. The van der Waals surface area contributed by atoms with Crippen LogP contribution in [0.15, 0.2) is 63.8 Å². The number of benzene rings is 1. The standard InChI is InChI=1S/C23H26N2O3/c1-16(9-10-19-7-5-12-27-19)24-23(26)20-11-13-28-22(20)15-25-17(2)14-18-6-3-4-8-21(18)25/h3-8,11-13,16-17H,9-10,14-15H2,1-2H3,(H,24,26). The Kier molecular flexibility index (Phi) is 5.24. The van der Waals surface area contributed by atoms with Crippen molar-refractivity contribution in [3.05, 3.63) is 77.6 Å². The number of furan rings is 2. The second-order valence-electron chi connectivity index (χ2n) is 7.56. The summed E-state index contributed by atoms with van der Waals surface area (Å²) >= 11 is 0. The highest BCUT2D eigenvalue weighted by Gasteiger charge is 2.28. The van der Waals surface area contributed by atoms with E-state index in [0.29, 0.717) is 23.9 Å². The molecule has 0 spiro atoms. The predicted molar refractivity (Wildman–Crippen MR) is 108 cm³/mol. The van der Waals surface area contributed by atoms with Gasteiger partial charge in [0.1, 0.15) is 11.5 Å². The minimum atomic E-state index is -0.0872. The van der Waals surface area contributed by atoms with Crippen LogP contribution in [0, 0.1) is 0 Å². The summed E-state index contributed by atoms with van der Waals surface area (Å²) in [5, 5.41) is 3.08. The molecule has 3 aromatic rings. The molecule has 1 aliphatic heterocycles. The van der Waals surface area contributed by atoms with Gasteiger partial charge in [-0.2, -0.15) is 0 Å². The first-order valence-corrected chi connectivity index (χ1v) is 9.86. The van der Waals surface area contributed by atoms with E-state index >= 15 is 0 Å². The van der Waals surface area contributed by atoms with Crippen LogP contribution < -0.4 is 10.2 Å². The second kappa shape index (κ2) is 7.97. The quantitative estimate of drug-likeness (QED) is 0.654. The number of anilines is 1. The van der Waals surface area contributed by atoms with E-state index in [2.05, 4.69) is 41.4 Å². The van der Waals surface area contributed by atoms with Crippen molar-refractivity contribution in [2.45, 2.75) is 51.7 Å². The van der Waals surface area contributed by atoms with Crippen LogP contribution in [0.3, 0.4) is 0 Å². The lowest BCUT2D eigenvalue weighted by atomic mass is 10.1. The van der Waals surface area contributed by atoms with Crippen molar-refractivity contribution >= 4 is 11.6 Å². The number of hydrogen-bond acceptors (Lipinski definition) is 4. The fourth-order valence-electron chi connectivity index (χ4n) is 3.88. The van der Waals surface area contributed by atoms with Crippen molar-refractivity contribution in [2.24, 2.45) is 0 Å². The lowest BCUT2D eigenvalue weighted by molar-refractivity contribution is 0.0936. The third-order valence-electron chi connectivity index (χ3n) is 5.43. The Labute approximate surface area is 165 Å². The SMILES string of the molecule is CC(CCc1ccco1)NC(=O)c1ccoc1CN1c2ccccc2CC1C. The Morgan fingerprint density at radius 3 is 2.86 bits per heavy atom. The summed E-state index contributed by atoms with van der Waals surface area (Å²) in [6.45, 7) is 4.81. The van der Waals surface area contributed by atoms with Gasteiger partial charge in [0.15, 0.2) is 0 Å². The fourth-order valence-corrected chi connectivity index (χ4v) is 3.88. The van der Waals surface area contributed by atoms with Gasteiger partial charge >= 0.3 is 0 Å². The molecule has 0 fully saturated rings. The summed E-state index contributed by atoms with van der Waals surface area (Å²) in [7, 11) is 0. The van der Waals surface area contributed by atoms with Crippen LogP contribution in [-0.2, 0) is 19.4 Å². The summed E-state index contributed by atoms with van der Waals surface area (Å²) < 4.78 is 11.1. The van der Waals surface area contributed by atoms with E-state index in [1.165, 1.54) is 11.3 Å². The molecule has 1 N–H and O–H groups in total. The van der Waals surface area contributed by atoms with Crippen molar-refractivity contribution < 1.29 is 13.6 Å². The molecule has 0 saturated carbocycles. The minimum Gasteiger partial charge on any atom is -0.469 e. The largest absolute Gasteiger partial charge is 0.469 e. The third kappa shape index (κ3) is 3.84. The van der Waals surface area contributed by atoms with Gasteiger partial charge in [0.2, 0.25) is 0 Å². The van der Waals surface area contributed by atoms with Gasteiger partial charge in [-0.05, 0) is 56.5 Å². The second-order valence-corrected chi connectivity index (χ2v) is 7.56. The molecule has 2 unspecified atom stereocenters. The van der Waals surface area contributed by atoms with Gasteiger partial charge in [-0.15, -0.1) is 0 Å². The molecule has 4 rings (SSSR count). The van der Waals surface area contributed by atoms with Crippen molar-refractivity contribution in [3.63, 3.8) is 0 Å². The van der Waals surface area contributed by atoms with Gasteiger partial charge in [0.05, 0.1) is 24.6 Å². The average Bonchev–Trinajstić information content (AvgIpc) is 3.41. The number of nitrogens with one attached hydrogen (secondary N) is 1. The van der Waals surface area contributed by atoms with Gasteiger partial charge in [0.25, 0.3) is 5.91 Å². The monoisotopic (exact) mass is 378 g/mol. The van der Waals surface area contributed by atoms with E-state index in [4.69, 9.17) is 8.83 Å². The van der Waals surface area contributed by atoms with Crippen LogP contribution in [0.5, 0.6) is 0 Å². The highest BCUT2D eigenvalue weighted by atomic mass is 16.3. The normalized spacial score (nSPS) is 16.8. The topological polar surface area (TPSA) is 58.6 Å². The molecule has 0 aliphatic carbocycles. The summed E-state index contributed by atoms with van der Waals surface area (Å²) in [5.74, 6) is 1.56. The molecule has 1 aliphatic rings. The van der Waals surface area contributed by atoms with Crippen LogP contribution in [-0.4, -0.2) is 18.0 Å². The molecule has 1 amide bonds. The lowest BCUT2D eigenvalue weighted by Crippen LogP contribution is -2.34.